The molecule has 2 N–H and O–H groups in total. The fourth-order valence-electron chi connectivity index (χ4n) is 1.35. The van der Waals surface area contributed by atoms with Crippen molar-refractivity contribution in [3.8, 4) is 0 Å². The summed E-state index contributed by atoms with van der Waals surface area (Å²) in [5.41, 5.74) is 6.02. The lowest BCUT2D eigenvalue weighted by atomic mass is 9.81. The van der Waals surface area contributed by atoms with Crippen LogP contribution in [0, 0.1) is 5.92 Å². The van der Waals surface area contributed by atoms with E-state index in [-0.39, 0.29) is 11.7 Å². The van der Waals surface area contributed by atoms with Crippen LogP contribution in [0.1, 0.15) is 34.1 Å². The smallest absolute Gasteiger partial charge is 0.162 e. The molecule has 1 atom stereocenters. The van der Waals surface area contributed by atoms with Gasteiger partial charge in [0, 0.05) is 11.5 Å². The fraction of sp³-hybridized carbons (Fsp3) is 0.700. The molecule has 0 aliphatic carbocycles. The lowest BCUT2D eigenvalue weighted by Crippen LogP contribution is -2.44. The minimum atomic E-state index is -0.440. The lowest BCUT2D eigenvalue weighted by molar-refractivity contribution is -0.120. The van der Waals surface area contributed by atoms with E-state index in [1.807, 2.05) is 20.8 Å². The maximum atomic E-state index is 11.5. The van der Waals surface area contributed by atoms with Gasteiger partial charge in [-0.15, -0.1) is 0 Å². The molecule has 0 aromatic heterocycles. The van der Waals surface area contributed by atoms with Crippen molar-refractivity contribution in [1.82, 2.24) is 0 Å². The third-order valence-electron chi connectivity index (χ3n) is 2.04. The summed E-state index contributed by atoms with van der Waals surface area (Å²) >= 11 is 0. The highest BCUT2D eigenvalue weighted by Crippen LogP contribution is 2.20. The maximum absolute atomic E-state index is 11.5. The van der Waals surface area contributed by atoms with Gasteiger partial charge in [0.05, 0.1) is 0 Å². The second kappa shape index (κ2) is 3.85. The quantitative estimate of drug-likeness (QED) is 0.653. The summed E-state index contributed by atoms with van der Waals surface area (Å²) in [4.78, 5) is 11.5. The summed E-state index contributed by atoms with van der Waals surface area (Å²) in [6, 6.07) is 0. The molecule has 0 aromatic rings. The molecule has 0 aliphatic heterocycles. The number of ketones is 1. The molecular weight excluding hydrogens is 150 g/mol. The second-order valence-corrected chi connectivity index (χ2v) is 3.93. The van der Waals surface area contributed by atoms with Crippen LogP contribution in [0.25, 0.3) is 0 Å². The predicted octanol–water partition coefficient (Wildman–Crippen LogP) is 1.90. The van der Waals surface area contributed by atoms with Crippen molar-refractivity contribution in [3.05, 3.63) is 12.2 Å². The van der Waals surface area contributed by atoms with Gasteiger partial charge in [-0.2, -0.15) is 0 Å². The maximum Gasteiger partial charge on any atom is 0.162 e. The van der Waals surface area contributed by atoms with E-state index < -0.39 is 5.54 Å². The number of hydrogen-bond donors (Lipinski definition) is 1. The summed E-state index contributed by atoms with van der Waals surface area (Å²) in [7, 11) is 0. The normalized spacial score (nSPS) is 14.1. The minimum Gasteiger partial charge on any atom is -0.325 e. The minimum absolute atomic E-state index is 0.0880. The topological polar surface area (TPSA) is 43.1 Å². The fourth-order valence-corrected chi connectivity index (χ4v) is 1.35. The van der Waals surface area contributed by atoms with Crippen LogP contribution in [0.2, 0.25) is 0 Å². The van der Waals surface area contributed by atoms with E-state index in [0.29, 0.717) is 5.57 Å². The number of allylic oxidation sites excluding steroid dienone is 1. The molecular formula is C10H19NO. The molecule has 0 saturated carbocycles. The molecule has 0 aromatic carbocycles. The summed E-state index contributed by atoms with van der Waals surface area (Å²) in [5.74, 6) is -0.0139. The van der Waals surface area contributed by atoms with E-state index in [2.05, 4.69) is 6.58 Å². The van der Waals surface area contributed by atoms with E-state index >= 15 is 0 Å². The Morgan fingerprint density at radius 1 is 1.58 bits per heavy atom. The first kappa shape index (κ1) is 11.4. The number of Topliss-reactive ketones (excluding diaryl/α,β-unsaturated/α-hetero) is 1. The Bertz CT molecular complexity index is 189. The van der Waals surface area contributed by atoms with Crippen LogP contribution >= 0.6 is 0 Å². The first-order valence-corrected chi connectivity index (χ1v) is 4.29. The standard InChI is InChI=1S/C10H19NO/c1-6-8(10(4,5)11)9(12)7(2)3/h8H,2,6,11H2,1,3-5H3. The molecule has 0 rings (SSSR count). The molecule has 2 nitrogen and oxygen atoms in total. The highest BCUT2D eigenvalue weighted by molar-refractivity contribution is 5.96. The van der Waals surface area contributed by atoms with Crippen molar-refractivity contribution in [3.63, 3.8) is 0 Å². The van der Waals surface area contributed by atoms with Crippen LogP contribution in [-0.2, 0) is 4.79 Å². The predicted molar refractivity (Wildman–Crippen MR) is 51.9 cm³/mol. The molecule has 0 amide bonds. The van der Waals surface area contributed by atoms with Gasteiger partial charge in [0.1, 0.15) is 0 Å². The van der Waals surface area contributed by atoms with Gasteiger partial charge >= 0.3 is 0 Å². The second-order valence-electron chi connectivity index (χ2n) is 3.93. The third kappa shape index (κ3) is 2.78. The van der Waals surface area contributed by atoms with Crippen LogP contribution in [-0.4, -0.2) is 11.3 Å². The Hall–Kier alpha value is -0.630. The van der Waals surface area contributed by atoms with Crippen molar-refractivity contribution in [1.29, 1.82) is 0 Å². The Labute approximate surface area is 74.8 Å². The number of carbonyl (C=O) groups excluding carboxylic acids is 1. The van der Waals surface area contributed by atoms with Crippen LogP contribution in [0.15, 0.2) is 12.2 Å². The molecule has 0 heterocycles. The third-order valence-corrected chi connectivity index (χ3v) is 2.04. The molecule has 0 radical (unpaired) electrons. The van der Waals surface area contributed by atoms with Crippen molar-refractivity contribution in [2.45, 2.75) is 39.7 Å². The number of carbonyl (C=O) groups is 1. The molecule has 0 saturated heterocycles. The monoisotopic (exact) mass is 169 g/mol. The van der Waals surface area contributed by atoms with E-state index in [1.165, 1.54) is 0 Å². The molecule has 2 heteroatoms. The Kier molecular flexibility index (Phi) is 3.65. The summed E-state index contributed by atoms with van der Waals surface area (Å²) in [6.45, 7) is 11.1. The average Bonchev–Trinajstić information content (AvgIpc) is 1.85. The molecule has 1 unspecified atom stereocenters. The zero-order chi connectivity index (χ0) is 9.94. The van der Waals surface area contributed by atoms with E-state index in [9.17, 15) is 4.79 Å². The Balaban J connectivity index is 4.58. The van der Waals surface area contributed by atoms with Crippen LogP contribution < -0.4 is 5.73 Å². The van der Waals surface area contributed by atoms with Crippen molar-refractivity contribution < 1.29 is 4.79 Å². The van der Waals surface area contributed by atoms with Gasteiger partial charge < -0.3 is 5.73 Å². The van der Waals surface area contributed by atoms with E-state index in [4.69, 9.17) is 5.73 Å². The Morgan fingerprint density at radius 2 is 2.00 bits per heavy atom. The van der Waals surface area contributed by atoms with Gasteiger partial charge in [0.15, 0.2) is 5.78 Å². The molecule has 0 bridgehead atoms. The molecule has 12 heavy (non-hydrogen) atoms. The summed E-state index contributed by atoms with van der Waals surface area (Å²) in [5, 5.41) is 0. The lowest BCUT2D eigenvalue weighted by Gasteiger charge is -2.28. The van der Waals surface area contributed by atoms with Crippen LogP contribution in [0.3, 0.4) is 0 Å². The zero-order valence-corrected chi connectivity index (χ0v) is 8.48. The molecule has 0 aliphatic rings. The SMILES string of the molecule is C=C(C)C(=O)C(CC)C(C)(C)N. The van der Waals surface area contributed by atoms with Crippen molar-refractivity contribution in [2.75, 3.05) is 0 Å². The summed E-state index contributed by atoms with van der Waals surface area (Å²) < 4.78 is 0. The van der Waals surface area contributed by atoms with E-state index in [1.54, 1.807) is 6.92 Å². The highest BCUT2D eigenvalue weighted by atomic mass is 16.1. The first-order chi connectivity index (χ1) is 5.30. The van der Waals surface area contributed by atoms with E-state index in [0.717, 1.165) is 6.42 Å². The van der Waals surface area contributed by atoms with Gasteiger partial charge in [-0.1, -0.05) is 13.5 Å². The largest absolute Gasteiger partial charge is 0.325 e. The van der Waals surface area contributed by atoms with Crippen molar-refractivity contribution >= 4 is 5.78 Å². The molecule has 0 fully saturated rings. The summed E-state index contributed by atoms with van der Waals surface area (Å²) in [6.07, 6.45) is 0.773. The molecule has 0 spiro atoms. The van der Waals surface area contributed by atoms with Gasteiger partial charge in [-0.25, -0.2) is 0 Å². The first-order valence-electron chi connectivity index (χ1n) is 4.29. The van der Waals surface area contributed by atoms with Gasteiger partial charge in [-0.05, 0) is 32.8 Å². The average molecular weight is 169 g/mol. The van der Waals surface area contributed by atoms with Gasteiger partial charge in [0.25, 0.3) is 0 Å². The van der Waals surface area contributed by atoms with Crippen LogP contribution in [0.4, 0.5) is 0 Å². The zero-order valence-electron chi connectivity index (χ0n) is 8.48. The van der Waals surface area contributed by atoms with Crippen LogP contribution in [0.5, 0.6) is 0 Å². The number of nitrogens with two attached hydrogens (primary N) is 1. The van der Waals surface area contributed by atoms with Gasteiger partial charge in [0.2, 0.25) is 0 Å². The number of rotatable bonds is 4. The number of hydrogen-bond acceptors (Lipinski definition) is 2. The molecule has 70 valence electrons. The Morgan fingerprint density at radius 3 is 2.08 bits per heavy atom. The van der Waals surface area contributed by atoms with Gasteiger partial charge in [-0.3, -0.25) is 4.79 Å². The van der Waals surface area contributed by atoms with Crippen molar-refractivity contribution in [2.24, 2.45) is 11.7 Å². The highest BCUT2D eigenvalue weighted by Gasteiger charge is 2.29.